The fourth-order valence-corrected chi connectivity index (χ4v) is 2.67. The van der Waals surface area contributed by atoms with Crippen molar-refractivity contribution in [2.75, 3.05) is 26.2 Å². The van der Waals surface area contributed by atoms with Gasteiger partial charge in [-0.25, -0.2) is 9.67 Å². The van der Waals surface area contributed by atoms with Gasteiger partial charge in [0, 0.05) is 45.1 Å². The van der Waals surface area contributed by atoms with E-state index >= 15 is 0 Å². The number of amides is 1. The van der Waals surface area contributed by atoms with Gasteiger partial charge in [0.1, 0.15) is 18.7 Å². The Morgan fingerprint density at radius 3 is 2.55 bits per heavy atom. The fourth-order valence-electron chi connectivity index (χ4n) is 2.67. The highest BCUT2D eigenvalue weighted by Gasteiger charge is 2.26. The van der Waals surface area contributed by atoms with Crippen LogP contribution in [-0.4, -0.2) is 61.6 Å². The fraction of sp³-hybridized carbons (Fsp3) is 0.467. The van der Waals surface area contributed by atoms with Crippen LogP contribution in [0.3, 0.4) is 0 Å². The van der Waals surface area contributed by atoms with E-state index in [4.69, 9.17) is 0 Å². The number of carbonyl (C=O) groups is 1. The van der Waals surface area contributed by atoms with Crippen molar-refractivity contribution in [3.05, 3.63) is 42.7 Å². The zero-order valence-electron chi connectivity index (χ0n) is 12.7. The van der Waals surface area contributed by atoms with Gasteiger partial charge in [0.2, 0.25) is 5.91 Å². The lowest BCUT2D eigenvalue weighted by molar-refractivity contribution is -0.136. The van der Waals surface area contributed by atoms with Crippen LogP contribution >= 0.6 is 0 Å². The number of aromatic nitrogens is 4. The van der Waals surface area contributed by atoms with Gasteiger partial charge in [0.25, 0.3) is 0 Å². The van der Waals surface area contributed by atoms with Crippen LogP contribution in [-0.2, 0) is 11.3 Å². The van der Waals surface area contributed by atoms with Gasteiger partial charge in [-0.1, -0.05) is 0 Å². The molecule has 0 aliphatic carbocycles. The van der Waals surface area contributed by atoms with Crippen molar-refractivity contribution in [3.63, 3.8) is 0 Å². The van der Waals surface area contributed by atoms with Gasteiger partial charge in [-0.2, -0.15) is 5.10 Å². The number of nitrogens with zero attached hydrogens (tertiary/aromatic N) is 6. The Morgan fingerprint density at radius 1 is 1.18 bits per heavy atom. The van der Waals surface area contributed by atoms with E-state index < -0.39 is 0 Å². The van der Waals surface area contributed by atoms with Crippen LogP contribution in [0.2, 0.25) is 0 Å². The molecule has 3 heterocycles. The minimum atomic E-state index is -0.297. The lowest BCUT2D eigenvalue weighted by Crippen LogP contribution is -2.49. The van der Waals surface area contributed by atoms with Gasteiger partial charge in [-0.3, -0.25) is 14.7 Å². The molecular weight excluding hydrogens is 280 g/mol. The Morgan fingerprint density at radius 2 is 1.91 bits per heavy atom. The van der Waals surface area contributed by atoms with Crippen LogP contribution in [0.4, 0.5) is 0 Å². The summed E-state index contributed by atoms with van der Waals surface area (Å²) in [6, 6.07) is 3.77. The number of hydrogen-bond donors (Lipinski definition) is 0. The molecule has 7 nitrogen and oxygen atoms in total. The molecule has 22 heavy (non-hydrogen) atoms. The lowest BCUT2D eigenvalue weighted by atomic mass is 10.2. The molecule has 3 rings (SSSR count). The first kappa shape index (κ1) is 14.6. The van der Waals surface area contributed by atoms with Crippen molar-refractivity contribution in [1.82, 2.24) is 29.5 Å². The topological polar surface area (TPSA) is 67.2 Å². The molecule has 0 bridgehead atoms. The Hall–Kier alpha value is -2.28. The van der Waals surface area contributed by atoms with Crippen LogP contribution in [0.5, 0.6) is 0 Å². The Balaban J connectivity index is 1.52. The highest BCUT2D eigenvalue weighted by molar-refractivity contribution is 5.80. The molecule has 1 saturated heterocycles. The second-order valence-electron chi connectivity index (χ2n) is 5.51. The van der Waals surface area contributed by atoms with Crippen LogP contribution < -0.4 is 0 Å². The summed E-state index contributed by atoms with van der Waals surface area (Å²) >= 11 is 0. The number of hydrogen-bond acceptors (Lipinski definition) is 5. The summed E-state index contributed by atoms with van der Waals surface area (Å²) in [6.45, 7) is 6.05. The van der Waals surface area contributed by atoms with E-state index in [-0.39, 0.29) is 11.9 Å². The molecule has 116 valence electrons. The summed E-state index contributed by atoms with van der Waals surface area (Å²) in [5, 5.41) is 4.04. The molecule has 2 aromatic heterocycles. The molecule has 0 aromatic carbocycles. The van der Waals surface area contributed by atoms with Crippen molar-refractivity contribution in [2.24, 2.45) is 0 Å². The quantitative estimate of drug-likeness (QED) is 0.826. The third-order valence-electron chi connectivity index (χ3n) is 4.03. The number of carbonyl (C=O) groups excluding carboxylic acids is 1. The van der Waals surface area contributed by atoms with Gasteiger partial charge in [-0.05, 0) is 24.6 Å². The molecular formula is C15H20N6O. The van der Waals surface area contributed by atoms with E-state index in [2.05, 4.69) is 20.0 Å². The van der Waals surface area contributed by atoms with Crippen molar-refractivity contribution in [1.29, 1.82) is 0 Å². The maximum atomic E-state index is 12.5. The molecule has 7 heteroatoms. The maximum absolute atomic E-state index is 12.5. The molecule has 0 saturated carbocycles. The van der Waals surface area contributed by atoms with Gasteiger partial charge in [0.05, 0.1) is 0 Å². The lowest BCUT2D eigenvalue weighted by Gasteiger charge is -2.35. The van der Waals surface area contributed by atoms with Crippen LogP contribution in [0.25, 0.3) is 0 Å². The summed E-state index contributed by atoms with van der Waals surface area (Å²) in [5.41, 5.74) is 1.26. The van der Waals surface area contributed by atoms with Gasteiger partial charge >= 0.3 is 0 Å². The maximum Gasteiger partial charge on any atom is 0.247 e. The zero-order valence-corrected chi connectivity index (χ0v) is 12.7. The number of pyridine rings is 1. The zero-order chi connectivity index (χ0) is 15.4. The van der Waals surface area contributed by atoms with E-state index in [0.717, 1.165) is 32.7 Å². The van der Waals surface area contributed by atoms with E-state index in [9.17, 15) is 4.79 Å². The largest absolute Gasteiger partial charge is 0.338 e. The predicted molar refractivity (Wildman–Crippen MR) is 80.8 cm³/mol. The van der Waals surface area contributed by atoms with Gasteiger partial charge in [-0.15, -0.1) is 0 Å². The number of rotatable bonds is 4. The first-order chi connectivity index (χ1) is 10.7. The Kier molecular flexibility index (Phi) is 4.43. The van der Waals surface area contributed by atoms with Crippen molar-refractivity contribution < 1.29 is 4.79 Å². The molecule has 0 spiro atoms. The number of piperazine rings is 1. The van der Waals surface area contributed by atoms with Gasteiger partial charge in [0.15, 0.2) is 0 Å². The monoisotopic (exact) mass is 300 g/mol. The van der Waals surface area contributed by atoms with E-state index in [1.54, 1.807) is 11.0 Å². The average Bonchev–Trinajstić information content (AvgIpc) is 3.10. The molecule has 1 atom stereocenters. The third-order valence-corrected chi connectivity index (χ3v) is 4.03. The summed E-state index contributed by atoms with van der Waals surface area (Å²) in [5.74, 6) is 0.106. The molecule has 1 aliphatic rings. The summed E-state index contributed by atoms with van der Waals surface area (Å²) in [7, 11) is 0. The highest BCUT2D eigenvalue weighted by atomic mass is 16.2. The van der Waals surface area contributed by atoms with Crippen LogP contribution in [0.15, 0.2) is 37.2 Å². The standard InChI is InChI=1S/C15H20N6O/c1-13(21-12-17-11-18-21)15(22)20-8-6-19(7-9-20)10-14-2-4-16-5-3-14/h2-5,11-13H,6-10H2,1H3/t13-/m0/s1. The Labute approximate surface area is 129 Å². The minimum Gasteiger partial charge on any atom is -0.338 e. The van der Waals surface area contributed by atoms with Crippen molar-refractivity contribution in [2.45, 2.75) is 19.5 Å². The van der Waals surface area contributed by atoms with E-state index in [1.807, 2.05) is 36.4 Å². The summed E-state index contributed by atoms with van der Waals surface area (Å²) in [4.78, 5) is 24.7. The second-order valence-corrected chi connectivity index (χ2v) is 5.51. The van der Waals surface area contributed by atoms with Crippen LogP contribution in [0, 0.1) is 0 Å². The van der Waals surface area contributed by atoms with Gasteiger partial charge < -0.3 is 4.90 Å². The first-order valence-corrected chi connectivity index (χ1v) is 7.48. The Bertz CT molecular complexity index is 592. The molecule has 0 unspecified atom stereocenters. The van der Waals surface area contributed by atoms with Crippen molar-refractivity contribution in [3.8, 4) is 0 Å². The predicted octanol–water partition coefficient (Wildman–Crippen LogP) is 0.578. The van der Waals surface area contributed by atoms with Crippen molar-refractivity contribution >= 4 is 5.91 Å². The molecule has 0 radical (unpaired) electrons. The average molecular weight is 300 g/mol. The minimum absolute atomic E-state index is 0.106. The molecule has 0 N–H and O–H groups in total. The third kappa shape index (κ3) is 3.30. The molecule has 1 fully saturated rings. The SMILES string of the molecule is C[C@@H](C(=O)N1CCN(Cc2ccncc2)CC1)n1cncn1. The van der Waals surface area contributed by atoms with Crippen LogP contribution in [0.1, 0.15) is 18.5 Å². The summed E-state index contributed by atoms with van der Waals surface area (Å²) in [6.07, 6.45) is 6.67. The first-order valence-electron chi connectivity index (χ1n) is 7.48. The van der Waals surface area contributed by atoms with E-state index in [1.165, 1.54) is 11.9 Å². The highest BCUT2D eigenvalue weighted by Crippen LogP contribution is 2.12. The second kappa shape index (κ2) is 6.65. The molecule has 1 aliphatic heterocycles. The molecule has 2 aromatic rings. The smallest absolute Gasteiger partial charge is 0.247 e. The summed E-state index contributed by atoms with van der Waals surface area (Å²) < 4.78 is 1.60. The van der Waals surface area contributed by atoms with E-state index in [0.29, 0.717) is 0 Å². The molecule has 1 amide bonds. The normalized spacial score (nSPS) is 17.4.